The molecule has 0 aromatic heterocycles. The van der Waals surface area contributed by atoms with E-state index >= 15 is 0 Å². The number of halogens is 3. The zero-order valence-electron chi connectivity index (χ0n) is 11.5. The van der Waals surface area contributed by atoms with Crippen LogP contribution in [0.15, 0.2) is 0 Å². The maximum atomic E-state index is 12.3. The number of alkyl halides is 3. The third-order valence-corrected chi connectivity index (χ3v) is 4.18. The Morgan fingerprint density at radius 1 is 1.21 bits per heavy atom. The summed E-state index contributed by atoms with van der Waals surface area (Å²) >= 11 is 1.81. The number of hydrogen-bond donors (Lipinski definition) is 1. The molecule has 1 aliphatic heterocycles. The summed E-state index contributed by atoms with van der Waals surface area (Å²) in [5.74, 6) is 1.12. The van der Waals surface area contributed by atoms with Gasteiger partial charge in [-0.2, -0.15) is 24.9 Å². The first-order valence-corrected chi connectivity index (χ1v) is 8.08. The van der Waals surface area contributed by atoms with Gasteiger partial charge in [-0.3, -0.25) is 9.80 Å². The summed E-state index contributed by atoms with van der Waals surface area (Å²) in [4.78, 5) is 3.72. The van der Waals surface area contributed by atoms with Gasteiger partial charge in [-0.15, -0.1) is 0 Å². The molecule has 0 aromatic rings. The first-order chi connectivity index (χ1) is 8.96. The summed E-state index contributed by atoms with van der Waals surface area (Å²) in [6, 6.07) is 0.320. The van der Waals surface area contributed by atoms with E-state index in [1.54, 1.807) is 0 Å². The smallest absolute Gasteiger partial charge is 0.329 e. The van der Waals surface area contributed by atoms with Crippen molar-refractivity contribution in [3.8, 4) is 0 Å². The van der Waals surface area contributed by atoms with Crippen LogP contribution in [0, 0.1) is 0 Å². The van der Waals surface area contributed by atoms with E-state index in [2.05, 4.69) is 11.2 Å². The topological polar surface area (TPSA) is 32.5 Å². The van der Waals surface area contributed by atoms with Crippen LogP contribution in [0.3, 0.4) is 0 Å². The number of nitrogens with zero attached hydrogens (tertiary/aromatic N) is 2. The molecule has 3 nitrogen and oxygen atoms in total. The van der Waals surface area contributed by atoms with Gasteiger partial charge in [-0.05, 0) is 24.9 Å². The van der Waals surface area contributed by atoms with Gasteiger partial charge in [0.1, 0.15) is 0 Å². The van der Waals surface area contributed by atoms with E-state index in [9.17, 15) is 13.2 Å². The molecule has 1 unspecified atom stereocenters. The molecule has 1 atom stereocenters. The zero-order chi connectivity index (χ0) is 14.3. The standard InChI is InChI=1S/C12H24F3N3S/c1-19-8-2-3-11(9-16)18-6-4-17(5-7-18)10-12(13,14)15/h11H,2-10,16H2,1H3. The maximum Gasteiger partial charge on any atom is 0.401 e. The van der Waals surface area contributed by atoms with Crippen LogP contribution in [-0.2, 0) is 0 Å². The number of nitrogens with two attached hydrogens (primary N) is 1. The van der Waals surface area contributed by atoms with E-state index < -0.39 is 12.7 Å². The molecule has 0 saturated carbocycles. The lowest BCUT2D eigenvalue weighted by Gasteiger charge is -2.39. The van der Waals surface area contributed by atoms with E-state index in [0.717, 1.165) is 18.6 Å². The van der Waals surface area contributed by atoms with Gasteiger partial charge in [0.15, 0.2) is 0 Å². The van der Waals surface area contributed by atoms with Gasteiger partial charge in [0.25, 0.3) is 0 Å². The van der Waals surface area contributed by atoms with Crippen LogP contribution in [0.25, 0.3) is 0 Å². The van der Waals surface area contributed by atoms with Gasteiger partial charge in [0.05, 0.1) is 6.54 Å². The van der Waals surface area contributed by atoms with Crippen molar-refractivity contribution in [2.75, 3.05) is 51.3 Å². The molecule has 7 heteroatoms. The molecule has 0 bridgehead atoms. The molecule has 114 valence electrons. The summed E-state index contributed by atoms with van der Waals surface area (Å²) in [6.07, 6.45) is 0.142. The summed E-state index contributed by atoms with van der Waals surface area (Å²) in [7, 11) is 0. The summed E-state index contributed by atoms with van der Waals surface area (Å²) < 4.78 is 36.9. The average molecular weight is 299 g/mol. The van der Waals surface area contributed by atoms with Crippen LogP contribution in [0.4, 0.5) is 13.2 Å². The van der Waals surface area contributed by atoms with E-state index in [0.29, 0.717) is 38.8 Å². The first kappa shape index (κ1) is 17.1. The Hall–Kier alpha value is 0.0200. The first-order valence-electron chi connectivity index (χ1n) is 6.68. The van der Waals surface area contributed by atoms with Crippen molar-refractivity contribution in [1.82, 2.24) is 9.80 Å². The third-order valence-electron chi connectivity index (χ3n) is 3.48. The minimum absolute atomic E-state index is 0.320. The Kier molecular flexibility index (Phi) is 7.49. The Bertz CT molecular complexity index is 243. The molecule has 2 N–H and O–H groups in total. The fourth-order valence-corrected chi connectivity index (χ4v) is 2.91. The van der Waals surface area contributed by atoms with Gasteiger partial charge in [-0.1, -0.05) is 0 Å². The second-order valence-electron chi connectivity index (χ2n) is 4.95. The highest BCUT2D eigenvalue weighted by atomic mass is 32.2. The van der Waals surface area contributed by atoms with E-state index in [1.807, 2.05) is 11.8 Å². The molecule has 1 fully saturated rings. The minimum atomic E-state index is -4.09. The maximum absolute atomic E-state index is 12.3. The molecule has 1 saturated heterocycles. The van der Waals surface area contributed by atoms with E-state index in [4.69, 9.17) is 5.73 Å². The lowest BCUT2D eigenvalue weighted by atomic mass is 10.1. The van der Waals surface area contributed by atoms with Gasteiger partial charge >= 0.3 is 6.18 Å². The molecule has 1 aliphatic rings. The fourth-order valence-electron chi connectivity index (χ4n) is 2.45. The van der Waals surface area contributed by atoms with Crippen molar-refractivity contribution >= 4 is 11.8 Å². The quantitative estimate of drug-likeness (QED) is 0.724. The van der Waals surface area contributed by atoms with Crippen LogP contribution >= 0.6 is 11.8 Å². The SMILES string of the molecule is CSCCCC(CN)N1CCN(CC(F)(F)F)CC1. The zero-order valence-corrected chi connectivity index (χ0v) is 12.3. The lowest BCUT2D eigenvalue weighted by Crippen LogP contribution is -2.53. The summed E-state index contributed by atoms with van der Waals surface area (Å²) in [5.41, 5.74) is 5.78. The van der Waals surface area contributed by atoms with Gasteiger partial charge in [0, 0.05) is 38.8 Å². The number of rotatable bonds is 7. The fraction of sp³-hybridized carbons (Fsp3) is 1.00. The number of hydrogen-bond acceptors (Lipinski definition) is 4. The molecule has 1 rings (SSSR count). The number of piperazine rings is 1. The Morgan fingerprint density at radius 3 is 2.32 bits per heavy atom. The molecule has 0 aliphatic carbocycles. The monoisotopic (exact) mass is 299 g/mol. The highest BCUT2D eigenvalue weighted by Gasteiger charge is 2.32. The van der Waals surface area contributed by atoms with Gasteiger partial charge in [-0.25, -0.2) is 0 Å². The molecule has 0 aromatic carbocycles. The molecular formula is C12H24F3N3S. The van der Waals surface area contributed by atoms with Crippen molar-refractivity contribution in [3.63, 3.8) is 0 Å². The van der Waals surface area contributed by atoms with Crippen molar-refractivity contribution in [2.24, 2.45) is 5.73 Å². The molecular weight excluding hydrogens is 275 g/mol. The molecule has 1 heterocycles. The molecule has 0 radical (unpaired) electrons. The average Bonchev–Trinajstić information content (AvgIpc) is 2.34. The minimum Gasteiger partial charge on any atom is -0.329 e. The molecule has 0 amide bonds. The van der Waals surface area contributed by atoms with E-state index in [1.165, 1.54) is 4.90 Å². The number of thioether (sulfide) groups is 1. The predicted octanol–water partition coefficient (Wildman–Crippen LogP) is 1.64. The van der Waals surface area contributed by atoms with Gasteiger partial charge in [0.2, 0.25) is 0 Å². The molecule has 19 heavy (non-hydrogen) atoms. The normalized spacial score (nSPS) is 20.7. The summed E-state index contributed by atoms with van der Waals surface area (Å²) in [5, 5.41) is 0. The predicted molar refractivity (Wildman–Crippen MR) is 74.5 cm³/mol. The second-order valence-corrected chi connectivity index (χ2v) is 5.94. The van der Waals surface area contributed by atoms with Crippen LogP contribution < -0.4 is 5.73 Å². The largest absolute Gasteiger partial charge is 0.401 e. The highest BCUT2D eigenvalue weighted by Crippen LogP contribution is 2.18. The molecule has 0 spiro atoms. The highest BCUT2D eigenvalue weighted by molar-refractivity contribution is 7.98. The van der Waals surface area contributed by atoms with Crippen LogP contribution in [0.2, 0.25) is 0 Å². The van der Waals surface area contributed by atoms with Crippen molar-refractivity contribution in [1.29, 1.82) is 0 Å². The van der Waals surface area contributed by atoms with Gasteiger partial charge < -0.3 is 5.73 Å². The summed E-state index contributed by atoms with van der Waals surface area (Å²) in [6.45, 7) is 2.15. The third kappa shape index (κ3) is 6.83. The van der Waals surface area contributed by atoms with Crippen molar-refractivity contribution in [2.45, 2.75) is 25.1 Å². The van der Waals surface area contributed by atoms with Crippen LogP contribution in [-0.4, -0.2) is 73.3 Å². The van der Waals surface area contributed by atoms with E-state index in [-0.39, 0.29) is 0 Å². The Balaban J connectivity index is 2.30. The van der Waals surface area contributed by atoms with Crippen LogP contribution in [0.1, 0.15) is 12.8 Å². The van der Waals surface area contributed by atoms with Crippen LogP contribution in [0.5, 0.6) is 0 Å². The van der Waals surface area contributed by atoms with Crippen molar-refractivity contribution < 1.29 is 13.2 Å². The van der Waals surface area contributed by atoms with Crippen molar-refractivity contribution in [3.05, 3.63) is 0 Å². The lowest BCUT2D eigenvalue weighted by molar-refractivity contribution is -0.149. The Labute approximate surface area is 117 Å². The second kappa shape index (κ2) is 8.34. The Morgan fingerprint density at radius 2 is 1.84 bits per heavy atom.